The Hall–Kier alpha value is -0.980. The van der Waals surface area contributed by atoms with Crippen LogP contribution in [0.1, 0.15) is 25.3 Å². The second-order valence-corrected chi connectivity index (χ2v) is 6.33. The van der Waals surface area contributed by atoms with Crippen molar-refractivity contribution in [2.75, 3.05) is 19.8 Å². The number of nitrogens with zero attached hydrogens (tertiary/aromatic N) is 1. The average molecular weight is 343 g/mol. The Bertz CT molecular complexity index is 487. The maximum Gasteiger partial charge on any atom is 0.283 e. The fourth-order valence-corrected chi connectivity index (χ4v) is 2.93. The quantitative estimate of drug-likeness (QED) is 0.658. The summed E-state index contributed by atoms with van der Waals surface area (Å²) >= 11 is 3.32. The van der Waals surface area contributed by atoms with Crippen LogP contribution in [-0.4, -0.2) is 24.7 Å². The zero-order valence-corrected chi connectivity index (χ0v) is 13.1. The van der Waals surface area contributed by atoms with E-state index in [1.807, 2.05) is 6.07 Å². The second kappa shape index (κ2) is 6.65. The van der Waals surface area contributed by atoms with Gasteiger partial charge in [-0.05, 0) is 39.8 Å². The van der Waals surface area contributed by atoms with Gasteiger partial charge in [-0.3, -0.25) is 10.1 Å². The third-order valence-corrected chi connectivity index (χ3v) is 4.74. The molecule has 1 aliphatic rings. The van der Waals surface area contributed by atoms with E-state index in [0.29, 0.717) is 11.0 Å². The predicted molar refractivity (Wildman–Crippen MR) is 80.7 cm³/mol. The van der Waals surface area contributed by atoms with Crippen LogP contribution in [0.25, 0.3) is 0 Å². The zero-order chi connectivity index (χ0) is 14.6. The second-order valence-electron chi connectivity index (χ2n) is 5.53. The Morgan fingerprint density at radius 3 is 2.80 bits per heavy atom. The van der Waals surface area contributed by atoms with Crippen molar-refractivity contribution in [3.63, 3.8) is 0 Å². The molecule has 0 spiro atoms. The molecule has 0 amide bonds. The molecule has 0 aliphatic carbocycles. The zero-order valence-electron chi connectivity index (χ0n) is 11.5. The van der Waals surface area contributed by atoms with Crippen molar-refractivity contribution in [2.45, 2.75) is 26.3 Å². The van der Waals surface area contributed by atoms with E-state index in [1.54, 1.807) is 6.07 Å². The Labute approximate surface area is 127 Å². The van der Waals surface area contributed by atoms with E-state index in [9.17, 15) is 10.1 Å². The fourth-order valence-electron chi connectivity index (χ4n) is 2.38. The molecule has 1 aromatic rings. The molecule has 1 fully saturated rings. The number of hydrogen-bond acceptors (Lipinski definition) is 4. The molecule has 1 aliphatic heterocycles. The van der Waals surface area contributed by atoms with Crippen molar-refractivity contribution in [1.82, 2.24) is 5.32 Å². The van der Waals surface area contributed by atoms with Gasteiger partial charge in [-0.15, -0.1) is 0 Å². The first-order chi connectivity index (χ1) is 9.52. The van der Waals surface area contributed by atoms with Crippen LogP contribution >= 0.6 is 15.9 Å². The lowest BCUT2D eigenvalue weighted by Gasteiger charge is -2.33. The van der Waals surface area contributed by atoms with Crippen molar-refractivity contribution in [2.24, 2.45) is 5.41 Å². The molecule has 110 valence electrons. The SMILES string of the molecule is CC1(CNCc2cccc([N+](=O)[O-])c2Br)CCOCC1. The van der Waals surface area contributed by atoms with Crippen LogP contribution in [0.2, 0.25) is 0 Å². The van der Waals surface area contributed by atoms with Crippen LogP contribution in [0.4, 0.5) is 5.69 Å². The average Bonchev–Trinajstić information content (AvgIpc) is 2.41. The summed E-state index contributed by atoms with van der Waals surface area (Å²) in [7, 11) is 0. The minimum atomic E-state index is -0.368. The van der Waals surface area contributed by atoms with Crippen LogP contribution in [0, 0.1) is 15.5 Å². The van der Waals surface area contributed by atoms with E-state index >= 15 is 0 Å². The highest BCUT2D eigenvalue weighted by atomic mass is 79.9. The molecular formula is C14H19BrN2O3. The summed E-state index contributed by atoms with van der Waals surface area (Å²) in [6.07, 6.45) is 2.10. The van der Waals surface area contributed by atoms with E-state index in [2.05, 4.69) is 28.2 Å². The molecule has 0 unspecified atom stereocenters. The Morgan fingerprint density at radius 2 is 2.15 bits per heavy atom. The van der Waals surface area contributed by atoms with Crippen molar-refractivity contribution in [3.05, 3.63) is 38.3 Å². The van der Waals surface area contributed by atoms with E-state index in [-0.39, 0.29) is 16.0 Å². The number of benzene rings is 1. The molecule has 1 aromatic carbocycles. The maximum atomic E-state index is 10.9. The molecular weight excluding hydrogens is 324 g/mol. The van der Waals surface area contributed by atoms with Gasteiger partial charge in [0.1, 0.15) is 0 Å². The molecule has 2 rings (SSSR count). The van der Waals surface area contributed by atoms with Gasteiger partial charge >= 0.3 is 0 Å². The first-order valence-corrected chi connectivity index (χ1v) is 7.51. The van der Waals surface area contributed by atoms with E-state index in [4.69, 9.17) is 4.74 Å². The van der Waals surface area contributed by atoms with Gasteiger partial charge in [-0.25, -0.2) is 0 Å². The summed E-state index contributed by atoms with van der Waals surface area (Å²) < 4.78 is 5.94. The van der Waals surface area contributed by atoms with Crippen molar-refractivity contribution in [3.8, 4) is 0 Å². The molecule has 0 atom stereocenters. The third-order valence-electron chi connectivity index (χ3n) is 3.82. The monoisotopic (exact) mass is 342 g/mol. The molecule has 1 saturated heterocycles. The van der Waals surface area contributed by atoms with Gasteiger partial charge in [0, 0.05) is 32.4 Å². The minimum Gasteiger partial charge on any atom is -0.381 e. The molecule has 0 saturated carbocycles. The number of hydrogen-bond donors (Lipinski definition) is 1. The Morgan fingerprint density at radius 1 is 1.45 bits per heavy atom. The highest BCUT2D eigenvalue weighted by Crippen LogP contribution is 2.30. The molecule has 1 heterocycles. The fraction of sp³-hybridized carbons (Fsp3) is 0.571. The first-order valence-electron chi connectivity index (χ1n) is 6.72. The Kier molecular flexibility index (Phi) is 5.12. The third kappa shape index (κ3) is 3.77. The number of halogens is 1. The van der Waals surface area contributed by atoms with Crippen molar-refractivity contribution >= 4 is 21.6 Å². The summed E-state index contributed by atoms with van der Waals surface area (Å²) in [5.74, 6) is 0. The molecule has 0 radical (unpaired) electrons. The normalized spacial score (nSPS) is 17.9. The van der Waals surface area contributed by atoms with Gasteiger partial charge in [0.25, 0.3) is 5.69 Å². The summed E-state index contributed by atoms with van der Waals surface area (Å²) in [4.78, 5) is 10.5. The smallest absolute Gasteiger partial charge is 0.283 e. The van der Waals surface area contributed by atoms with Crippen LogP contribution in [0.3, 0.4) is 0 Å². The van der Waals surface area contributed by atoms with Crippen LogP contribution in [0.15, 0.2) is 22.7 Å². The first kappa shape index (κ1) is 15.4. The van der Waals surface area contributed by atoms with Crippen molar-refractivity contribution < 1.29 is 9.66 Å². The Balaban J connectivity index is 1.94. The molecule has 0 bridgehead atoms. The summed E-state index contributed by atoms with van der Waals surface area (Å²) in [6, 6.07) is 5.12. The molecule has 6 heteroatoms. The number of ether oxygens (including phenoxy) is 1. The van der Waals surface area contributed by atoms with Gasteiger partial charge in [-0.1, -0.05) is 19.1 Å². The standard InChI is InChI=1S/C14H19BrN2O3/c1-14(5-7-20-8-6-14)10-16-9-11-3-2-4-12(13(11)15)17(18)19/h2-4,16H,5-10H2,1H3. The van der Waals surface area contributed by atoms with Gasteiger partial charge in [0.05, 0.1) is 9.40 Å². The summed E-state index contributed by atoms with van der Waals surface area (Å²) in [6.45, 7) is 5.41. The van der Waals surface area contributed by atoms with E-state index < -0.39 is 0 Å². The maximum absolute atomic E-state index is 10.9. The van der Waals surface area contributed by atoms with Gasteiger partial charge in [-0.2, -0.15) is 0 Å². The number of nitro groups is 1. The van der Waals surface area contributed by atoms with Gasteiger partial charge < -0.3 is 10.1 Å². The molecule has 5 nitrogen and oxygen atoms in total. The lowest BCUT2D eigenvalue weighted by atomic mass is 9.82. The van der Waals surface area contributed by atoms with Gasteiger partial charge in [0.15, 0.2) is 0 Å². The molecule has 20 heavy (non-hydrogen) atoms. The van der Waals surface area contributed by atoms with Crippen molar-refractivity contribution in [1.29, 1.82) is 0 Å². The predicted octanol–water partition coefficient (Wildman–Crippen LogP) is 3.26. The van der Waals surface area contributed by atoms with E-state index in [0.717, 1.165) is 38.2 Å². The summed E-state index contributed by atoms with van der Waals surface area (Å²) in [5.41, 5.74) is 1.28. The largest absolute Gasteiger partial charge is 0.381 e. The number of rotatable bonds is 5. The topological polar surface area (TPSA) is 64.4 Å². The highest BCUT2D eigenvalue weighted by Gasteiger charge is 2.26. The minimum absolute atomic E-state index is 0.113. The lowest BCUT2D eigenvalue weighted by molar-refractivity contribution is -0.385. The number of nitrogens with one attached hydrogen (secondary N) is 1. The van der Waals surface area contributed by atoms with E-state index in [1.165, 1.54) is 6.07 Å². The molecule has 0 aromatic heterocycles. The van der Waals surface area contributed by atoms with Gasteiger partial charge in [0.2, 0.25) is 0 Å². The number of nitro benzene ring substituents is 1. The summed E-state index contributed by atoms with van der Waals surface area (Å²) in [5, 5.41) is 14.3. The van der Waals surface area contributed by atoms with Crippen LogP contribution < -0.4 is 5.32 Å². The van der Waals surface area contributed by atoms with Crippen LogP contribution in [-0.2, 0) is 11.3 Å². The lowest BCUT2D eigenvalue weighted by Crippen LogP contribution is -2.36. The van der Waals surface area contributed by atoms with Crippen LogP contribution in [0.5, 0.6) is 0 Å². The molecule has 1 N–H and O–H groups in total. The highest BCUT2D eigenvalue weighted by molar-refractivity contribution is 9.10.